The quantitative estimate of drug-likeness (QED) is 0.774. The summed E-state index contributed by atoms with van der Waals surface area (Å²) < 4.78 is 19.2. The van der Waals surface area contributed by atoms with E-state index in [9.17, 15) is 9.50 Å². The predicted octanol–water partition coefficient (Wildman–Crippen LogP) is 3.12. The lowest BCUT2D eigenvalue weighted by Gasteiger charge is -2.13. The number of fused-ring (bicyclic) bond motifs is 1. The van der Waals surface area contributed by atoms with Gasteiger partial charge in [0.15, 0.2) is 0 Å². The molecule has 0 spiro atoms. The Hall–Kier alpha value is -2.47. The van der Waals surface area contributed by atoms with Crippen molar-refractivity contribution in [2.75, 3.05) is 11.9 Å². The summed E-state index contributed by atoms with van der Waals surface area (Å²) >= 11 is 0. The third-order valence-corrected chi connectivity index (χ3v) is 3.69. The highest BCUT2D eigenvalue weighted by molar-refractivity contribution is 5.89. The monoisotopic (exact) mass is 301 g/mol. The van der Waals surface area contributed by atoms with Crippen LogP contribution in [-0.4, -0.2) is 21.6 Å². The van der Waals surface area contributed by atoms with Crippen LogP contribution in [0.2, 0.25) is 0 Å². The van der Waals surface area contributed by atoms with E-state index in [1.54, 1.807) is 18.2 Å². The maximum absolute atomic E-state index is 13.7. The Bertz CT molecular complexity index is 816. The molecule has 114 valence electrons. The molecule has 0 saturated heterocycles. The molecule has 0 aliphatic heterocycles. The number of aromatic nitrogens is 2. The van der Waals surface area contributed by atoms with Gasteiger partial charge in [0, 0.05) is 17.7 Å². The van der Waals surface area contributed by atoms with E-state index in [4.69, 9.17) is 4.42 Å². The zero-order valence-electron chi connectivity index (χ0n) is 12.3. The van der Waals surface area contributed by atoms with Gasteiger partial charge in [-0.3, -0.25) is 0 Å². The maximum Gasteiger partial charge on any atom is 0.231 e. The summed E-state index contributed by atoms with van der Waals surface area (Å²) in [5, 5.41) is 14.0. The molecule has 1 atom stereocenters. The van der Waals surface area contributed by atoms with Gasteiger partial charge in [0.25, 0.3) is 0 Å². The van der Waals surface area contributed by atoms with Crippen LogP contribution in [0.15, 0.2) is 35.0 Å². The van der Waals surface area contributed by atoms with Crippen LogP contribution in [0.25, 0.3) is 11.1 Å². The molecule has 3 aromatic rings. The Labute approximate surface area is 126 Å². The lowest BCUT2D eigenvalue weighted by Crippen LogP contribution is -2.14. The van der Waals surface area contributed by atoms with E-state index < -0.39 is 11.9 Å². The number of nitrogens with one attached hydrogen (secondary N) is 1. The van der Waals surface area contributed by atoms with E-state index in [1.165, 1.54) is 12.4 Å². The van der Waals surface area contributed by atoms with Gasteiger partial charge in [0.1, 0.15) is 23.7 Å². The zero-order chi connectivity index (χ0) is 15.7. The predicted molar refractivity (Wildman–Crippen MR) is 81.1 cm³/mol. The fraction of sp³-hybridized carbons (Fsp3) is 0.250. The second-order valence-corrected chi connectivity index (χ2v) is 5.10. The smallest absolute Gasteiger partial charge is 0.231 e. The third-order valence-electron chi connectivity index (χ3n) is 3.69. The first-order valence-electron chi connectivity index (χ1n) is 6.95. The Morgan fingerprint density at radius 2 is 2.05 bits per heavy atom. The first-order chi connectivity index (χ1) is 10.6. The van der Waals surface area contributed by atoms with Crippen LogP contribution in [0.1, 0.15) is 23.0 Å². The topological polar surface area (TPSA) is 71.2 Å². The summed E-state index contributed by atoms with van der Waals surface area (Å²) in [6, 6.07) is 6.16. The molecular weight excluding hydrogens is 285 g/mol. The molecule has 0 bridgehead atoms. The first-order valence-corrected chi connectivity index (χ1v) is 6.95. The molecule has 2 aromatic heterocycles. The minimum Gasteiger partial charge on any atom is -0.443 e. The van der Waals surface area contributed by atoms with Gasteiger partial charge in [-0.2, -0.15) is 0 Å². The number of aliphatic hydroxyl groups is 1. The molecule has 1 aromatic carbocycles. The van der Waals surface area contributed by atoms with Gasteiger partial charge in [0.05, 0.1) is 11.5 Å². The molecule has 2 heterocycles. The Morgan fingerprint density at radius 1 is 1.27 bits per heavy atom. The number of aliphatic hydroxyl groups excluding tert-OH is 1. The van der Waals surface area contributed by atoms with E-state index in [1.807, 2.05) is 13.8 Å². The molecule has 3 rings (SSSR count). The van der Waals surface area contributed by atoms with Crippen molar-refractivity contribution < 1.29 is 13.9 Å². The fourth-order valence-electron chi connectivity index (χ4n) is 2.37. The Kier molecular flexibility index (Phi) is 3.77. The molecule has 0 radical (unpaired) electrons. The van der Waals surface area contributed by atoms with Crippen molar-refractivity contribution in [2.45, 2.75) is 20.0 Å². The van der Waals surface area contributed by atoms with Crippen LogP contribution in [0, 0.1) is 19.7 Å². The zero-order valence-corrected chi connectivity index (χ0v) is 12.3. The number of hydrogen-bond acceptors (Lipinski definition) is 5. The third kappa shape index (κ3) is 2.53. The minimum absolute atomic E-state index is 0.136. The molecule has 5 nitrogen and oxygen atoms in total. The summed E-state index contributed by atoms with van der Waals surface area (Å²) in [6.45, 7) is 3.91. The van der Waals surface area contributed by atoms with Gasteiger partial charge < -0.3 is 14.8 Å². The van der Waals surface area contributed by atoms with Crippen molar-refractivity contribution in [1.29, 1.82) is 0 Å². The van der Waals surface area contributed by atoms with Crippen LogP contribution < -0.4 is 5.32 Å². The lowest BCUT2D eigenvalue weighted by atomic mass is 10.1. The van der Waals surface area contributed by atoms with E-state index in [0.29, 0.717) is 11.5 Å². The van der Waals surface area contributed by atoms with E-state index >= 15 is 0 Å². The largest absolute Gasteiger partial charge is 0.443 e. The number of benzene rings is 1. The summed E-state index contributed by atoms with van der Waals surface area (Å²) in [5.74, 6) is 0.905. The number of halogens is 1. The van der Waals surface area contributed by atoms with Crippen molar-refractivity contribution >= 4 is 16.9 Å². The van der Waals surface area contributed by atoms with Crippen molar-refractivity contribution in [2.24, 2.45) is 0 Å². The highest BCUT2D eigenvalue weighted by Gasteiger charge is 2.16. The van der Waals surface area contributed by atoms with Crippen LogP contribution in [0.4, 0.5) is 10.2 Å². The molecule has 2 N–H and O–H groups in total. The maximum atomic E-state index is 13.7. The number of furan rings is 1. The Morgan fingerprint density at radius 3 is 2.82 bits per heavy atom. The van der Waals surface area contributed by atoms with Gasteiger partial charge in [-0.1, -0.05) is 18.2 Å². The van der Waals surface area contributed by atoms with E-state index in [-0.39, 0.29) is 12.1 Å². The minimum atomic E-state index is -0.973. The number of aryl methyl sites for hydroxylation is 2. The molecular formula is C16H16FN3O2. The number of anilines is 1. The highest BCUT2D eigenvalue weighted by atomic mass is 19.1. The average Bonchev–Trinajstić information content (AvgIpc) is 2.81. The first kappa shape index (κ1) is 14.5. The van der Waals surface area contributed by atoms with Crippen molar-refractivity contribution in [3.05, 3.63) is 53.3 Å². The van der Waals surface area contributed by atoms with Gasteiger partial charge in [-0.15, -0.1) is 0 Å². The molecule has 6 heteroatoms. The van der Waals surface area contributed by atoms with Gasteiger partial charge in [0.2, 0.25) is 5.71 Å². The summed E-state index contributed by atoms with van der Waals surface area (Å²) in [4.78, 5) is 8.26. The second kappa shape index (κ2) is 5.73. The molecule has 0 fully saturated rings. The van der Waals surface area contributed by atoms with Crippen molar-refractivity contribution in [1.82, 2.24) is 9.97 Å². The lowest BCUT2D eigenvalue weighted by molar-refractivity contribution is 0.186. The van der Waals surface area contributed by atoms with Gasteiger partial charge in [-0.25, -0.2) is 14.4 Å². The van der Waals surface area contributed by atoms with Gasteiger partial charge >= 0.3 is 0 Å². The van der Waals surface area contributed by atoms with E-state index in [2.05, 4.69) is 15.3 Å². The van der Waals surface area contributed by atoms with Crippen LogP contribution in [0.5, 0.6) is 0 Å². The number of nitrogens with zero attached hydrogens (tertiary/aromatic N) is 2. The standard InChI is InChI=1S/C16H16FN3O2/c1-9-10(2)22-16-14(9)15(19-8-20-16)18-7-13(21)11-5-3-4-6-12(11)17/h3-6,8,13,21H,7H2,1-2H3,(H,18,19,20). The molecule has 0 aliphatic carbocycles. The molecule has 0 saturated carbocycles. The molecule has 0 aliphatic rings. The van der Waals surface area contributed by atoms with Crippen LogP contribution in [0.3, 0.4) is 0 Å². The molecule has 0 amide bonds. The van der Waals surface area contributed by atoms with Crippen LogP contribution >= 0.6 is 0 Å². The Balaban J connectivity index is 1.84. The second-order valence-electron chi connectivity index (χ2n) is 5.10. The van der Waals surface area contributed by atoms with Crippen molar-refractivity contribution in [3.63, 3.8) is 0 Å². The van der Waals surface area contributed by atoms with Crippen molar-refractivity contribution in [3.8, 4) is 0 Å². The summed E-state index contributed by atoms with van der Waals surface area (Å²) in [6.07, 6.45) is 0.419. The fourth-order valence-corrected chi connectivity index (χ4v) is 2.37. The average molecular weight is 301 g/mol. The number of rotatable bonds is 4. The highest BCUT2D eigenvalue weighted by Crippen LogP contribution is 2.28. The van der Waals surface area contributed by atoms with Gasteiger partial charge in [-0.05, 0) is 19.9 Å². The SMILES string of the molecule is Cc1oc2ncnc(NCC(O)c3ccccc3F)c2c1C. The molecule has 1 unspecified atom stereocenters. The summed E-state index contributed by atoms with van der Waals surface area (Å²) in [5.41, 5.74) is 1.69. The van der Waals surface area contributed by atoms with E-state index in [0.717, 1.165) is 16.7 Å². The van der Waals surface area contributed by atoms with Crippen LogP contribution in [-0.2, 0) is 0 Å². The number of hydrogen-bond donors (Lipinski definition) is 2. The summed E-state index contributed by atoms with van der Waals surface area (Å²) in [7, 11) is 0. The molecule has 22 heavy (non-hydrogen) atoms. The normalized spacial score (nSPS) is 12.5.